The molecule has 0 aliphatic heterocycles. The molecule has 3 rings (SSSR count). The number of hydrogen-bond acceptors (Lipinski definition) is 4. The number of aryl methyl sites for hydroxylation is 2. The molecule has 0 saturated heterocycles. The molecule has 0 aliphatic rings. The number of amides is 1. The maximum atomic E-state index is 12.2. The molecule has 27 heavy (non-hydrogen) atoms. The summed E-state index contributed by atoms with van der Waals surface area (Å²) in [5.74, 6) is 0.783. The van der Waals surface area contributed by atoms with Crippen LogP contribution in [-0.2, 0) is 17.6 Å². The maximum absolute atomic E-state index is 12.2. The Bertz CT molecular complexity index is 927. The van der Waals surface area contributed by atoms with Gasteiger partial charge in [0.2, 0.25) is 11.8 Å². The minimum Gasteiger partial charge on any atom is -0.407 e. The summed E-state index contributed by atoms with van der Waals surface area (Å²) < 4.78 is 5.56. The van der Waals surface area contributed by atoms with E-state index in [-0.39, 0.29) is 18.3 Å². The van der Waals surface area contributed by atoms with E-state index < -0.39 is 0 Å². The minimum absolute atomic E-state index is 0.137. The van der Waals surface area contributed by atoms with Crippen molar-refractivity contribution in [2.45, 2.75) is 46.5 Å². The second kappa shape index (κ2) is 8.16. The van der Waals surface area contributed by atoms with Crippen LogP contribution in [0.15, 0.2) is 46.9 Å². The van der Waals surface area contributed by atoms with Gasteiger partial charge < -0.3 is 4.42 Å². The van der Waals surface area contributed by atoms with E-state index >= 15 is 0 Å². The van der Waals surface area contributed by atoms with Crippen molar-refractivity contribution in [3.63, 3.8) is 0 Å². The first-order valence-electron chi connectivity index (χ1n) is 9.18. The number of carbonyl (C=O) groups is 1. The number of carbonyl (C=O) groups excluding carboxylic acids is 1. The van der Waals surface area contributed by atoms with Crippen molar-refractivity contribution >= 4 is 11.9 Å². The van der Waals surface area contributed by atoms with Crippen molar-refractivity contribution in [3.05, 3.63) is 76.2 Å². The Kier molecular flexibility index (Phi) is 5.69. The van der Waals surface area contributed by atoms with Gasteiger partial charge in [-0.15, -0.1) is 5.10 Å². The van der Waals surface area contributed by atoms with Crippen LogP contribution in [-0.4, -0.2) is 16.1 Å². The molecule has 140 valence electrons. The lowest BCUT2D eigenvalue weighted by Crippen LogP contribution is -2.14. The van der Waals surface area contributed by atoms with Crippen LogP contribution in [0, 0.1) is 13.8 Å². The molecule has 1 aromatic heterocycles. The summed E-state index contributed by atoms with van der Waals surface area (Å²) in [6.45, 7) is 8.45. The van der Waals surface area contributed by atoms with Crippen LogP contribution in [0.5, 0.6) is 0 Å². The smallest absolute Gasteiger partial charge is 0.322 e. The third kappa shape index (κ3) is 5.03. The molecule has 0 spiro atoms. The molecular weight excluding hydrogens is 338 g/mol. The quantitative estimate of drug-likeness (QED) is 0.696. The Morgan fingerprint density at radius 3 is 2.37 bits per heavy atom. The highest BCUT2D eigenvalue weighted by molar-refractivity contribution is 5.90. The Hall–Kier alpha value is -2.95. The van der Waals surface area contributed by atoms with E-state index in [0.717, 1.165) is 11.1 Å². The number of benzene rings is 2. The van der Waals surface area contributed by atoms with Gasteiger partial charge in [0.1, 0.15) is 0 Å². The van der Waals surface area contributed by atoms with E-state index in [0.29, 0.717) is 18.2 Å². The third-order valence-electron chi connectivity index (χ3n) is 4.65. The largest absolute Gasteiger partial charge is 0.407 e. The maximum Gasteiger partial charge on any atom is 0.322 e. The first-order chi connectivity index (χ1) is 12.9. The summed E-state index contributed by atoms with van der Waals surface area (Å²) in [4.78, 5) is 12.2. The molecule has 0 atom stereocenters. The van der Waals surface area contributed by atoms with Gasteiger partial charge in [0.25, 0.3) is 0 Å². The molecule has 1 heterocycles. The van der Waals surface area contributed by atoms with Crippen molar-refractivity contribution in [3.8, 4) is 0 Å². The van der Waals surface area contributed by atoms with Crippen LogP contribution < -0.4 is 5.32 Å². The molecule has 5 nitrogen and oxygen atoms in total. The lowest BCUT2D eigenvalue weighted by Gasteiger charge is -2.06. The molecule has 0 saturated carbocycles. The number of aromatic nitrogens is 2. The minimum atomic E-state index is -0.173. The van der Waals surface area contributed by atoms with E-state index in [1.165, 1.54) is 16.7 Å². The van der Waals surface area contributed by atoms with E-state index in [4.69, 9.17) is 4.42 Å². The Labute approximate surface area is 159 Å². The average Bonchev–Trinajstić information content (AvgIpc) is 3.05. The van der Waals surface area contributed by atoms with Crippen molar-refractivity contribution in [1.29, 1.82) is 0 Å². The Morgan fingerprint density at radius 2 is 1.70 bits per heavy atom. The fourth-order valence-corrected chi connectivity index (χ4v) is 2.83. The van der Waals surface area contributed by atoms with Gasteiger partial charge in [0.05, 0.1) is 12.8 Å². The van der Waals surface area contributed by atoms with Gasteiger partial charge in [-0.25, -0.2) is 0 Å². The Balaban J connectivity index is 1.58. The number of hydrogen-bond donors (Lipinski definition) is 1. The van der Waals surface area contributed by atoms with E-state index in [9.17, 15) is 4.79 Å². The SMILES string of the molecule is Cc1ccc(Cc2nnc(NC(=O)Cc3ccc(C(C)C)cc3)o2)cc1C. The zero-order chi connectivity index (χ0) is 19.4. The summed E-state index contributed by atoms with van der Waals surface area (Å²) in [5, 5.41) is 10.6. The van der Waals surface area contributed by atoms with Crippen LogP contribution >= 0.6 is 0 Å². The summed E-state index contributed by atoms with van der Waals surface area (Å²) >= 11 is 0. The van der Waals surface area contributed by atoms with Gasteiger partial charge in [-0.1, -0.05) is 61.4 Å². The molecule has 5 heteroatoms. The van der Waals surface area contributed by atoms with Crippen molar-refractivity contribution in [1.82, 2.24) is 10.2 Å². The molecule has 3 aromatic rings. The highest BCUT2D eigenvalue weighted by Crippen LogP contribution is 2.17. The van der Waals surface area contributed by atoms with Gasteiger partial charge in [-0.2, -0.15) is 0 Å². The van der Waals surface area contributed by atoms with Crippen LogP contribution in [0.3, 0.4) is 0 Å². The topological polar surface area (TPSA) is 68.0 Å². The monoisotopic (exact) mass is 363 g/mol. The molecule has 0 aliphatic carbocycles. The summed E-state index contributed by atoms with van der Waals surface area (Å²) in [6.07, 6.45) is 0.813. The molecule has 2 aromatic carbocycles. The van der Waals surface area contributed by atoms with Crippen LogP contribution in [0.25, 0.3) is 0 Å². The highest BCUT2D eigenvalue weighted by atomic mass is 16.4. The number of anilines is 1. The molecule has 1 amide bonds. The lowest BCUT2D eigenvalue weighted by atomic mass is 10.0. The fraction of sp³-hybridized carbons (Fsp3) is 0.318. The molecular formula is C22H25N3O2. The molecule has 0 unspecified atom stereocenters. The van der Waals surface area contributed by atoms with Gasteiger partial charge in [-0.3, -0.25) is 10.1 Å². The zero-order valence-corrected chi connectivity index (χ0v) is 16.2. The summed E-state index contributed by atoms with van der Waals surface area (Å²) in [6, 6.07) is 14.4. The summed E-state index contributed by atoms with van der Waals surface area (Å²) in [5.41, 5.74) is 5.78. The van der Waals surface area contributed by atoms with Crippen LogP contribution in [0.2, 0.25) is 0 Å². The lowest BCUT2D eigenvalue weighted by molar-refractivity contribution is -0.115. The Morgan fingerprint density at radius 1 is 1.00 bits per heavy atom. The second-order valence-corrected chi connectivity index (χ2v) is 7.22. The van der Waals surface area contributed by atoms with Crippen LogP contribution in [0.4, 0.5) is 6.01 Å². The average molecular weight is 363 g/mol. The van der Waals surface area contributed by atoms with E-state index in [2.05, 4.69) is 67.5 Å². The van der Waals surface area contributed by atoms with Gasteiger partial charge >= 0.3 is 6.01 Å². The number of rotatable bonds is 6. The normalized spacial score (nSPS) is 11.0. The van der Waals surface area contributed by atoms with Crippen molar-refractivity contribution < 1.29 is 9.21 Å². The molecule has 1 N–H and O–H groups in total. The van der Waals surface area contributed by atoms with Gasteiger partial charge in [-0.05, 0) is 47.6 Å². The molecule has 0 bridgehead atoms. The van der Waals surface area contributed by atoms with E-state index in [1.807, 2.05) is 18.2 Å². The van der Waals surface area contributed by atoms with Crippen LogP contribution in [0.1, 0.15) is 53.5 Å². The number of nitrogens with zero attached hydrogens (tertiary/aromatic N) is 2. The predicted molar refractivity (Wildman–Crippen MR) is 106 cm³/mol. The highest BCUT2D eigenvalue weighted by Gasteiger charge is 2.11. The van der Waals surface area contributed by atoms with Crippen molar-refractivity contribution in [2.75, 3.05) is 5.32 Å². The first-order valence-corrected chi connectivity index (χ1v) is 9.18. The molecule has 0 radical (unpaired) electrons. The standard InChI is InChI=1S/C22H25N3O2/c1-14(2)19-9-7-17(8-10-19)12-20(26)23-22-25-24-21(27-22)13-18-6-5-15(3)16(4)11-18/h5-11,14H,12-13H2,1-4H3,(H,23,25,26). The number of nitrogens with one attached hydrogen (secondary N) is 1. The van der Waals surface area contributed by atoms with Gasteiger partial charge in [0.15, 0.2) is 0 Å². The predicted octanol–water partition coefficient (Wildman–Crippen LogP) is 4.58. The second-order valence-electron chi connectivity index (χ2n) is 7.22. The molecule has 0 fully saturated rings. The van der Waals surface area contributed by atoms with Gasteiger partial charge in [0, 0.05) is 0 Å². The third-order valence-corrected chi connectivity index (χ3v) is 4.65. The summed E-state index contributed by atoms with van der Waals surface area (Å²) in [7, 11) is 0. The zero-order valence-electron chi connectivity index (χ0n) is 16.2. The first kappa shape index (κ1) is 18.8. The van der Waals surface area contributed by atoms with Crippen molar-refractivity contribution in [2.24, 2.45) is 0 Å². The van der Waals surface area contributed by atoms with E-state index in [1.54, 1.807) is 0 Å². The fourth-order valence-electron chi connectivity index (χ4n) is 2.83.